The van der Waals surface area contributed by atoms with Crippen LogP contribution in [0.1, 0.15) is 32.4 Å². The van der Waals surface area contributed by atoms with Crippen molar-refractivity contribution < 1.29 is 9.18 Å². The van der Waals surface area contributed by atoms with Gasteiger partial charge < -0.3 is 10.2 Å². The Morgan fingerprint density at radius 1 is 1.28 bits per heavy atom. The van der Waals surface area contributed by atoms with E-state index in [0.29, 0.717) is 0 Å². The SMILES string of the molecule is CC(C)N(C)C(=O)CN[C@@H](C)c1ccc(F)cc1. The Balaban J connectivity index is 2.48. The number of amides is 1. The standard InChI is InChI=1S/C14H21FN2O/c1-10(2)17(4)14(18)9-16-11(3)12-5-7-13(15)8-6-12/h5-8,10-11,16H,9H2,1-4H3/t11-/m0/s1. The van der Waals surface area contributed by atoms with E-state index < -0.39 is 0 Å². The molecule has 0 unspecified atom stereocenters. The average molecular weight is 252 g/mol. The topological polar surface area (TPSA) is 32.3 Å². The van der Waals surface area contributed by atoms with Crippen molar-refractivity contribution in [2.24, 2.45) is 0 Å². The molecule has 3 nitrogen and oxygen atoms in total. The highest BCUT2D eigenvalue weighted by Gasteiger charge is 2.13. The summed E-state index contributed by atoms with van der Waals surface area (Å²) < 4.78 is 12.8. The van der Waals surface area contributed by atoms with Crippen LogP contribution in [0, 0.1) is 5.82 Å². The van der Waals surface area contributed by atoms with Crippen LogP contribution in [0.4, 0.5) is 4.39 Å². The molecular weight excluding hydrogens is 231 g/mol. The van der Waals surface area contributed by atoms with Gasteiger partial charge in [-0.2, -0.15) is 0 Å². The summed E-state index contributed by atoms with van der Waals surface area (Å²) in [6, 6.07) is 6.52. The molecule has 0 aliphatic heterocycles. The Kier molecular flexibility index (Phi) is 5.28. The highest BCUT2D eigenvalue weighted by molar-refractivity contribution is 5.78. The van der Waals surface area contributed by atoms with E-state index >= 15 is 0 Å². The van der Waals surface area contributed by atoms with Gasteiger partial charge in [0.15, 0.2) is 0 Å². The van der Waals surface area contributed by atoms with E-state index in [9.17, 15) is 9.18 Å². The van der Waals surface area contributed by atoms with Crippen molar-refractivity contribution in [3.8, 4) is 0 Å². The fourth-order valence-corrected chi connectivity index (χ4v) is 1.52. The number of hydrogen-bond acceptors (Lipinski definition) is 2. The highest BCUT2D eigenvalue weighted by atomic mass is 19.1. The van der Waals surface area contributed by atoms with E-state index in [0.717, 1.165) is 5.56 Å². The van der Waals surface area contributed by atoms with Crippen LogP contribution < -0.4 is 5.32 Å². The molecular formula is C14H21FN2O. The van der Waals surface area contributed by atoms with Crippen molar-refractivity contribution in [1.82, 2.24) is 10.2 Å². The Morgan fingerprint density at radius 3 is 2.33 bits per heavy atom. The maximum absolute atomic E-state index is 12.8. The molecule has 1 aromatic carbocycles. The summed E-state index contributed by atoms with van der Waals surface area (Å²) in [5, 5.41) is 3.14. The molecule has 1 rings (SSSR count). The van der Waals surface area contributed by atoms with E-state index in [1.54, 1.807) is 24.1 Å². The van der Waals surface area contributed by atoms with Gasteiger partial charge in [-0.3, -0.25) is 4.79 Å². The van der Waals surface area contributed by atoms with Crippen molar-refractivity contribution in [3.05, 3.63) is 35.6 Å². The van der Waals surface area contributed by atoms with Crippen LogP contribution in [0.2, 0.25) is 0 Å². The van der Waals surface area contributed by atoms with E-state index in [-0.39, 0.29) is 30.4 Å². The maximum atomic E-state index is 12.8. The lowest BCUT2D eigenvalue weighted by Crippen LogP contribution is -2.40. The smallest absolute Gasteiger partial charge is 0.236 e. The van der Waals surface area contributed by atoms with Crippen molar-refractivity contribution in [2.45, 2.75) is 32.9 Å². The minimum atomic E-state index is -0.249. The number of likely N-dealkylation sites (N-methyl/N-ethyl adjacent to an activating group) is 1. The summed E-state index contributed by atoms with van der Waals surface area (Å²) in [5.41, 5.74) is 0.969. The summed E-state index contributed by atoms with van der Waals surface area (Å²) in [6.07, 6.45) is 0. The van der Waals surface area contributed by atoms with E-state index in [2.05, 4.69) is 5.32 Å². The third-order valence-electron chi connectivity index (χ3n) is 3.10. The van der Waals surface area contributed by atoms with Crippen LogP contribution in [-0.2, 0) is 4.79 Å². The predicted molar refractivity (Wildman–Crippen MR) is 70.7 cm³/mol. The minimum Gasteiger partial charge on any atom is -0.342 e. The van der Waals surface area contributed by atoms with Crippen LogP contribution in [-0.4, -0.2) is 30.4 Å². The number of carbonyl (C=O) groups excluding carboxylic acids is 1. The first kappa shape index (κ1) is 14.6. The number of carbonyl (C=O) groups is 1. The molecule has 1 amide bonds. The lowest BCUT2D eigenvalue weighted by molar-refractivity contribution is -0.130. The zero-order valence-corrected chi connectivity index (χ0v) is 11.4. The third-order valence-corrected chi connectivity index (χ3v) is 3.10. The first-order valence-electron chi connectivity index (χ1n) is 6.16. The van der Waals surface area contributed by atoms with Gasteiger partial charge in [-0.25, -0.2) is 4.39 Å². The van der Waals surface area contributed by atoms with Gasteiger partial charge in [0.05, 0.1) is 6.54 Å². The van der Waals surface area contributed by atoms with Crippen molar-refractivity contribution in [3.63, 3.8) is 0 Å². The van der Waals surface area contributed by atoms with Crippen molar-refractivity contribution in [2.75, 3.05) is 13.6 Å². The molecule has 0 radical (unpaired) electrons. The lowest BCUT2D eigenvalue weighted by atomic mass is 10.1. The molecule has 0 aliphatic rings. The number of benzene rings is 1. The molecule has 0 heterocycles. The molecule has 1 aromatic rings. The zero-order valence-electron chi connectivity index (χ0n) is 11.4. The van der Waals surface area contributed by atoms with Gasteiger partial charge in [-0.1, -0.05) is 12.1 Å². The Bertz CT molecular complexity index is 389. The molecule has 1 atom stereocenters. The molecule has 100 valence electrons. The number of nitrogens with one attached hydrogen (secondary N) is 1. The Morgan fingerprint density at radius 2 is 1.83 bits per heavy atom. The minimum absolute atomic E-state index is 0.0233. The summed E-state index contributed by atoms with van der Waals surface area (Å²) in [4.78, 5) is 13.5. The number of halogens is 1. The normalized spacial score (nSPS) is 12.6. The second-order valence-corrected chi connectivity index (χ2v) is 4.75. The lowest BCUT2D eigenvalue weighted by Gasteiger charge is -2.23. The summed E-state index contributed by atoms with van der Waals surface area (Å²) >= 11 is 0. The second-order valence-electron chi connectivity index (χ2n) is 4.75. The van der Waals surface area contributed by atoms with Crippen LogP contribution in [0.5, 0.6) is 0 Å². The summed E-state index contributed by atoms with van der Waals surface area (Å²) in [5.74, 6) is -0.194. The molecule has 4 heteroatoms. The molecule has 0 bridgehead atoms. The van der Waals surface area contributed by atoms with Gasteiger partial charge in [0.2, 0.25) is 5.91 Å². The van der Waals surface area contributed by atoms with Crippen molar-refractivity contribution in [1.29, 1.82) is 0 Å². The van der Waals surface area contributed by atoms with E-state index in [1.807, 2.05) is 20.8 Å². The van der Waals surface area contributed by atoms with Gasteiger partial charge in [0.25, 0.3) is 0 Å². The average Bonchev–Trinajstić information content (AvgIpc) is 2.35. The van der Waals surface area contributed by atoms with Crippen LogP contribution in [0.15, 0.2) is 24.3 Å². The first-order valence-corrected chi connectivity index (χ1v) is 6.16. The zero-order chi connectivity index (χ0) is 13.7. The Hall–Kier alpha value is -1.42. The van der Waals surface area contributed by atoms with Gasteiger partial charge in [-0.15, -0.1) is 0 Å². The third kappa shape index (κ3) is 4.11. The number of hydrogen-bond donors (Lipinski definition) is 1. The number of nitrogens with zero attached hydrogens (tertiary/aromatic N) is 1. The Labute approximate surface area is 108 Å². The molecule has 0 fully saturated rings. The van der Waals surface area contributed by atoms with Gasteiger partial charge in [0.1, 0.15) is 5.82 Å². The quantitative estimate of drug-likeness (QED) is 0.872. The van der Waals surface area contributed by atoms with Gasteiger partial charge in [-0.05, 0) is 38.5 Å². The van der Waals surface area contributed by atoms with Crippen LogP contribution in [0.25, 0.3) is 0 Å². The second kappa shape index (κ2) is 6.50. The molecule has 0 saturated carbocycles. The van der Waals surface area contributed by atoms with Crippen molar-refractivity contribution >= 4 is 5.91 Å². The summed E-state index contributed by atoms with van der Waals surface area (Å²) in [6.45, 7) is 6.19. The van der Waals surface area contributed by atoms with E-state index in [1.165, 1.54) is 12.1 Å². The van der Waals surface area contributed by atoms with E-state index in [4.69, 9.17) is 0 Å². The molecule has 0 aliphatic carbocycles. The van der Waals surface area contributed by atoms with Gasteiger partial charge in [0, 0.05) is 19.1 Å². The van der Waals surface area contributed by atoms with Crippen LogP contribution >= 0.6 is 0 Å². The largest absolute Gasteiger partial charge is 0.342 e. The molecule has 0 spiro atoms. The molecule has 0 saturated heterocycles. The maximum Gasteiger partial charge on any atom is 0.236 e. The van der Waals surface area contributed by atoms with Crippen LogP contribution in [0.3, 0.4) is 0 Å². The first-order chi connectivity index (χ1) is 8.41. The highest BCUT2D eigenvalue weighted by Crippen LogP contribution is 2.12. The summed E-state index contributed by atoms with van der Waals surface area (Å²) in [7, 11) is 1.79. The van der Waals surface area contributed by atoms with Gasteiger partial charge >= 0.3 is 0 Å². The number of rotatable bonds is 5. The molecule has 1 N–H and O–H groups in total. The fraction of sp³-hybridized carbons (Fsp3) is 0.500. The predicted octanol–water partition coefficient (Wildman–Crippen LogP) is 2.34. The molecule has 0 aromatic heterocycles. The fourth-order valence-electron chi connectivity index (χ4n) is 1.52. The monoisotopic (exact) mass is 252 g/mol. The molecule has 18 heavy (non-hydrogen) atoms.